The Morgan fingerprint density at radius 3 is 2.83 bits per heavy atom. The van der Waals surface area contributed by atoms with E-state index in [9.17, 15) is 4.79 Å². The van der Waals surface area contributed by atoms with Gasteiger partial charge in [0.05, 0.1) is 23.1 Å². The van der Waals surface area contributed by atoms with Crippen molar-refractivity contribution >= 4 is 49.3 Å². The molecular weight excluding hydrogens is 382 g/mol. The number of hydrogen-bond acceptors (Lipinski definition) is 6. The molecule has 0 radical (unpaired) electrons. The number of aliphatic imine (C=N–C) groups is 1. The number of nitrogens with zero attached hydrogens (tertiary/aromatic N) is 5. The molecule has 3 heterocycles. The molecule has 1 aromatic carbocycles. The molecule has 0 saturated heterocycles. The van der Waals surface area contributed by atoms with E-state index in [1.807, 2.05) is 4.57 Å². The molecule has 6 nitrogen and oxygen atoms in total. The van der Waals surface area contributed by atoms with Crippen molar-refractivity contribution in [3.05, 3.63) is 47.9 Å². The second-order valence-electron chi connectivity index (χ2n) is 7.53. The first-order chi connectivity index (χ1) is 14.2. The van der Waals surface area contributed by atoms with Crippen molar-refractivity contribution in [3.63, 3.8) is 0 Å². The fraction of sp³-hybridized carbons (Fsp3) is 0.318. The third kappa shape index (κ3) is 3.70. The van der Waals surface area contributed by atoms with Gasteiger partial charge in [-0.25, -0.2) is 19.9 Å². The van der Waals surface area contributed by atoms with Crippen LogP contribution in [-0.4, -0.2) is 31.0 Å². The van der Waals surface area contributed by atoms with Crippen molar-refractivity contribution in [3.8, 4) is 0 Å². The summed E-state index contributed by atoms with van der Waals surface area (Å²) in [7, 11) is 0. The topological polar surface area (TPSA) is 73.0 Å². The lowest BCUT2D eigenvalue weighted by atomic mass is 9.99. The largest absolute Gasteiger partial charge is 0.311 e. The minimum Gasteiger partial charge on any atom is -0.311 e. The fourth-order valence-electron chi connectivity index (χ4n) is 3.76. The molecule has 0 spiro atoms. The molecule has 29 heavy (non-hydrogen) atoms. The van der Waals surface area contributed by atoms with Crippen molar-refractivity contribution in [1.82, 2.24) is 19.5 Å². The van der Waals surface area contributed by atoms with E-state index >= 15 is 0 Å². The van der Waals surface area contributed by atoms with Crippen LogP contribution in [0.25, 0.3) is 21.4 Å². The van der Waals surface area contributed by atoms with Crippen LogP contribution in [0.3, 0.4) is 0 Å². The van der Waals surface area contributed by atoms with Gasteiger partial charge in [0.15, 0.2) is 11.4 Å². The minimum atomic E-state index is -0.00259. The van der Waals surface area contributed by atoms with E-state index in [1.54, 1.807) is 29.9 Å². The number of carbonyl (C=O) groups is 1. The normalized spacial score (nSPS) is 14.6. The number of thiazole rings is 1. The van der Waals surface area contributed by atoms with Crippen LogP contribution in [0.15, 0.2) is 41.8 Å². The minimum absolute atomic E-state index is 0.00259. The second-order valence-corrected chi connectivity index (χ2v) is 8.54. The molecular formula is C22H21N5OS. The number of fused-ring (bicyclic) bond motifs is 2. The molecule has 0 unspecified atom stereocenters. The van der Waals surface area contributed by atoms with Gasteiger partial charge in [0.25, 0.3) is 0 Å². The monoisotopic (exact) mass is 403 g/mol. The van der Waals surface area contributed by atoms with Gasteiger partial charge in [0, 0.05) is 17.5 Å². The summed E-state index contributed by atoms with van der Waals surface area (Å²) >= 11 is 1.65. The molecule has 1 saturated carbocycles. The van der Waals surface area contributed by atoms with Crippen molar-refractivity contribution in [2.24, 2.45) is 4.99 Å². The summed E-state index contributed by atoms with van der Waals surface area (Å²) in [5, 5.41) is 0.862. The number of carbonyl (C=O) groups excluding carboxylic acids is 1. The third-order valence-corrected chi connectivity index (χ3v) is 6.25. The summed E-state index contributed by atoms with van der Waals surface area (Å²) in [6.45, 7) is 2.21. The zero-order valence-corrected chi connectivity index (χ0v) is 17.1. The van der Waals surface area contributed by atoms with Crippen molar-refractivity contribution in [2.45, 2.75) is 45.6 Å². The zero-order chi connectivity index (χ0) is 19.8. The highest BCUT2D eigenvalue weighted by Crippen LogP contribution is 2.30. The quantitative estimate of drug-likeness (QED) is 0.432. The summed E-state index contributed by atoms with van der Waals surface area (Å²) in [5.41, 5.74) is 5.55. The maximum absolute atomic E-state index is 11.6. The molecule has 0 atom stereocenters. The maximum Gasteiger partial charge on any atom is 0.210 e. The van der Waals surface area contributed by atoms with Gasteiger partial charge in [-0.1, -0.05) is 23.8 Å². The predicted octanol–water partition coefficient (Wildman–Crippen LogP) is 5.33. The number of Topliss-reactive ketones (excluding diaryl/α,β-unsaturated/α-hetero) is 1. The fourth-order valence-corrected chi connectivity index (χ4v) is 4.71. The first kappa shape index (κ1) is 18.1. The number of rotatable bonds is 4. The first-order valence-corrected chi connectivity index (χ1v) is 10.7. The van der Waals surface area contributed by atoms with Gasteiger partial charge in [-0.15, -0.1) is 0 Å². The highest BCUT2D eigenvalue weighted by molar-refractivity contribution is 7.22. The van der Waals surface area contributed by atoms with Crippen LogP contribution in [0.1, 0.15) is 54.9 Å². The van der Waals surface area contributed by atoms with Gasteiger partial charge in [-0.2, -0.15) is 0 Å². The van der Waals surface area contributed by atoms with Gasteiger partial charge in [-0.05, 0) is 56.4 Å². The van der Waals surface area contributed by atoms with Crippen molar-refractivity contribution in [1.29, 1.82) is 0 Å². The third-order valence-electron chi connectivity index (χ3n) is 5.34. The molecule has 1 aliphatic rings. The number of hydrogen-bond donors (Lipinski definition) is 0. The summed E-state index contributed by atoms with van der Waals surface area (Å²) in [6, 6.07) is 8.12. The van der Waals surface area contributed by atoms with Gasteiger partial charge in [-0.3, -0.25) is 4.79 Å². The summed E-state index contributed by atoms with van der Waals surface area (Å²) in [5.74, 6) is -0.00259. The van der Waals surface area contributed by atoms with E-state index in [4.69, 9.17) is 4.99 Å². The number of benzene rings is 1. The lowest BCUT2D eigenvalue weighted by Crippen LogP contribution is -2.03. The Labute approximate surface area is 172 Å². The zero-order valence-electron chi connectivity index (χ0n) is 16.3. The Morgan fingerprint density at radius 2 is 2.00 bits per heavy atom. The molecule has 0 N–H and O–H groups in total. The van der Waals surface area contributed by atoms with E-state index in [1.165, 1.54) is 31.9 Å². The van der Waals surface area contributed by atoms with Crippen LogP contribution in [0.5, 0.6) is 0 Å². The van der Waals surface area contributed by atoms with Crippen LogP contribution in [0.2, 0.25) is 0 Å². The first-order valence-electron chi connectivity index (χ1n) is 9.93. The van der Waals surface area contributed by atoms with Gasteiger partial charge in [0.1, 0.15) is 5.52 Å². The molecule has 0 amide bonds. The molecule has 3 aromatic heterocycles. The number of pyridine rings is 1. The van der Waals surface area contributed by atoms with E-state index in [0.29, 0.717) is 12.1 Å². The van der Waals surface area contributed by atoms with E-state index < -0.39 is 0 Å². The van der Waals surface area contributed by atoms with Crippen molar-refractivity contribution in [2.75, 3.05) is 0 Å². The van der Waals surface area contributed by atoms with E-state index in [0.717, 1.165) is 44.9 Å². The molecule has 0 aliphatic heterocycles. The molecule has 1 aliphatic carbocycles. The number of aromatic nitrogens is 4. The van der Waals surface area contributed by atoms with E-state index in [2.05, 4.69) is 33.2 Å². The molecule has 1 fully saturated rings. The average molecular weight is 404 g/mol. The Morgan fingerprint density at radius 1 is 1.14 bits per heavy atom. The highest BCUT2D eigenvalue weighted by atomic mass is 32.1. The molecule has 7 heteroatoms. The van der Waals surface area contributed by atoms with Crippen LogP contribution < -0.4 is 0 Å². The average Bonchev–Trinajstić information content (AvgIpc) is 3.31. The second kappa shape index (κ2) is 7.48. The number of ketones is 1. The SMILES string of the molecule is CC(=O)c1cnc2c(c1)ncn2Cc1ccc2nc(N=C3CCCCC3)sc2c1. The Bertz CT molecular complexity index is 1240. The Balaban J connectivity index is 1.42. The Kier molecular flexibility index (Phi) is 4.67. The molecule has 0 bridgehead atoms. The number of imidazole rings is 1. The smallest absolute Gasteiger partial charge is 0.210 e. The van der Waals surface area contributed by atoms with Crippen LogP contribution in [-0.2, 0) is 6.54 Å². The standard InChI is InChI=1S/C22H21N5OS/c1-14(28)16-10-19-21(23-11-16)27(13-24-19)12-15-7-8-18-20(9-15)29-22(26-18)25-17-5-3-2-4-6-17/h7-11,13H,2-6,12H2,1H3. The van der Waals surface area contributed by atoms with E-state index in [-0.39, 0.29) is 5.78 Å². The lowest BCUT2D eigenvalue weighted by molar-refractivity contribution is 0.101. The summed E-state index contributed by atoms with van der Waals surface area (Å²) < 4.78 is 3.15. The van der Waals surface area contributed by atoms with Gasteiger partial charge in [0.2, 0.25) is 5.13 Å². The maximum atomic E-state index is 11.6. The van der Waals surface area contributed by atoms with Crippen LogP contribution in [0, 0.1) is 0 Å². The predicted molar refractivity (Wildman–Crippen MR) is 116 cm³/mol. The molecule has 146 valence electrons. The van der Waals surface area contributed by atoms with Crippen LogP contribution >= 0.6 is 11.3 Å². The molecule has 5 rings (SSSR count). The lowest BCUT2D eigenvalue weighted by Gasteiger charge is -2.10. The van der Waals surface area contributed by atoms with Gasteiger partial charge < -0.3 is 4.57 Å². The van der Waals surface area contributed by atoms with Gasteiger partial charge >= 0.3 is 0 Å². The summed E-state index contributed by atoms with van der Waals surface area (Å²) in [6.07, 6.45) is 9.41. The Hall–Kier alpha value is -2.93. The molecule has 4 aromatic rings. The van der Waals surface area contributed by atoms with Crippen LogP contribution in [0.4, 0.5) is 5.13 Å². The highest BCUT2D eigenvalue weighted by Gasteiger charge is 2.11. The summed E-state index contributed by atoms with van der Waals surface area (Å²) in [4.78, 5) is 29.9. The van der Waals surface area contributed by atoms with Crippen molar-refractivity contribution < 1.29 is 4.79 Å².